The maximum Gasteiger partial charge on any atom is 0.163 e. The molecule has 31 heavy (non-hydrogen) atoms. The summed E-state index contributed by atoms with van der Waals surface area (Å²) in [7, 11) is 0. The third-order valence-electron chi connectivity index (χ3n) is 7.00. The Morgan fingerprint density at radius 1 is 0.968 bits per heavy atom. The van der Waals surface area contributed by atoms with Crippen molar-refractivity contribution in [3.8, 4) is 0 Å². The molecule has 4 nitrogen and oxygen atoms in total. The predicted octanol–water partition coefficient (Wildman–Crippen LogP) is 4.33. The fourth-order valence-electron chi connectivity index (χ4n) is 5.52. The molecule has 1 saturated carbocycles. The zero-order valence-electron chi connectivity index (χ0n) is 17.4. The van der Waals surface area contributed by atoms with Gasteiger partial charge in [0.1, 0.15) is 11.4 Å². The lowest BCUT2D eigenvalue weighted by Gasteiger charge is -2.52. The van der Waals surface area contributed by atoms with Gasteiger partial charge in [-0.3, -0.25) is 4.90 Å². The van der Waals surface area contributed by atoms with Gasteiger partial charge in [0.25, 0.3) is 0 Å². The molecule has 1 saturated heterocycles. The van der Waals surface area contributed by atoms with Crippen LogP contribution in [0.1, 0.15) is 36.2 Å². The molecule has 0 unspecified atom stereocenters. The van der Waals surface area contributed by atoms with Crippen LogP contribution in [0.2, 0.25) is 0 Å². The Morgan fingerprint density at radius 3 is 2.45 bits per heavy atom. The van der Waals surface area contributed by atoms with Crippen LogP contribution in [0.5, 0.6) is 0 Å². The highest BCUT2D eigenvalue weighted by Gasteiger charge is 2.53. The molecule has 2 atom stereocenters. The number of imidazole rings is 1. The number of aliphatic hydroxyl groups is 1. The zero-order valence-corrected chi connectivity index (χ0v) is 17.4. The molecule has 6 heteroatoms. The van der Waals surface area contributed by atoms with Crippen LogP contribution >= 0.6 is 0 Å². The van der Waals surface area contributed by atoms with Gasteiger partial charge in [0, 0.05) is 56.0 Å². The SMILES string of the molecule is OC1(c2nccn2Cc2ccccc2)[C@H]2CCC[C@H]1CN(Cc1cccc(F)c1F)C2. The van der Waals surface area contributed by atoms with E-state index in [0.29, 0.717) is 31.7 Å². The van der Waals surface area contributed by atoms with E-state index in [4.69, 9.17) is 0 Å². The lowest BCUT2D eigenvalue weighted by molar-refractivity contribution is -0.155. The van der Waals surface area contributed by atoms with Crippen molar-refractivity contribution >= 4 is 0 Å². The molecule has 2 aliphatic rings. The monoisotopic (exact) mass is 423 g/mol. The van der Waals surface area contributed by atoms with E-state index < -0.39 is 17.2 Å². The van der Waals surface area contributed by atoms with Crippen LogP contribution in [-0.2, 0) is 18.7 Å². The molecule has 3 aromatic rings. The summed E-state index contributed by atoms with van der Waals surface area (Å²) in [5.74, 6) is -0.842. The number of hydrogen-bond acceptors (Lipinski definition) is 3. The fraction of sp³-hybridized carbons (Fsp3) is 0.400. The highest BCUT2D eigenvalue weighted by atomic mass is 19.2. The number of fused-ring (bicyclic) bond motifs is 2. The van der Waals surface area contributed by atoms with E-state index in [9.17, 15) is 13.9 Å². The minimum Gasteiger partial charge on any atom is -0.381 e. The van der Waals surface area contributed by atoms with Crippen molar-refractivity contribution in [2.45, 2.75) is 38.0 Å². The average molecular weight is 424 g/mol. The summed E-state index contributed by atoms with van der Waals surface area (Å²) in [6.07, 6.45) is 6.56. The number of aromatic nitrogens is 2. The van der Waals surface area contributed by atoms with Crippen LogP contribution < -0.4 is 0 Å². The first-order valence-corrected chi connectivity index (χ1v) is 11.0. The first-order valence-electron chi connectivity index (χ1n) is 11.0. The molecule has 1 aromatic heterocycles. The van der Waals surface area contributed by atoms with E-state index in [1.165, 1.54) is 0 Å². The van der Waals surface area contributed by atoms with Crippen molar-refractivity contribution in [2.24, 2.45) is 11.8 Å². The van der Waals surface area contributed by atoms with Gasteiger partial charge in [-0.15, -0.1) is 0 Å². The molecule has 162 valence electrons. The highest BCUT2D eigenvalue weighted by Crippen LogP contribution is 2.49. The predicted molar refractivity (Wildman–Crippen MR) is 114 cm³/mol. The maximum absolute atomic E-state index is 14.2. The van der Waals surface area contributed by atoms with Gasteiger partial charge < -0.3 is 9.67 Å². The maximum atomic E-state index is 14.2. The van der Waals surface area contributed by atoms with Crippen LogP contribution in [0, 0.1) is 23.5 Å². The van der Waals surface area contributed by atoms with Gasteiger partial charge in [0.15, 0.2) is 11.6 Å². The van der Waals surface area contributed by atoms with E-state index >= 15 is 0 Å². The molecule has 0 radical (unpaired) electrons. The Balaban J connectivity index is 1.40. The summed E-state index contributed by atoms with van der Waals surface area (Å²) < 4.78 is 29.9. The zero-order chi connectivity index (χ0) is 21.4. The molecule has 1 aliphatic heterocycles. The summed E-state index contributed by atoms with van der Waals surface area (Å²) in [4.78, 5) is 6.77. The largest absolute Gasteiger partial charge is 0.381 e. The molecular weight excluding hydrogens is 396 g/mol. The van der Waals surface area contributed by atoms with Crippen LogP contribution in [0.4, 0.5) is 8.78 Å². The van der Waals surface area contributed by atoms with Gasteiger partial charge in [-0.05, 0) is 24.5 Å². The Morgan fingerprint density at radius 2 is 1.71 bits per heavy atom. The summed E-state index contributed by atoms with van der Waals surface area (Å²) in [5.41, 5.74) is 0.525. The van der Waals surface area contributed by atoms with Crippen molar-refractivity contribution in [2.75, 3.05) is 13.1 Å². The molecular formula is C25H27F2N3O. The second-order valence-electron chi connectivity index (χ2n) is 8.92. The minimum atomic E-state index is -1.01. The van der Waals surface area contributed by atoms with Gasteiger partial charge in [-0.25, -0.2) is 13.8 Å². The van der Waals surface area contributed by atoms with Crippen molar-refractivity contribution in [1.29, 1.82) is 0 Å². The van der Waals surface area contributed by atoms with E-state index in [-0.39, 0.29) is 11.8 Å². The molecule has 2 fully saturated rings. The van der Waals surface area contributed by atoms with Crippen molar-refractivity contribution in [1.82, 2.24) is 14.5 Å². The topological polar surface area (TPSA) is 41.3 Å². The van der Waals surface area contributed by atoms with E-state index in [1.54, 1.807) is 18.3 Å². The number of nitrogens with zero attached hydrogens (tertiary/aromatic N) is 3. The van der Waals surface area contributed by atoms with Crippen molar-refractivity contribution in [3.05, 3.63) is 89.5 Å². The molecule has 2 heterocycles. The third kappa shape index (κ3) is 3.68. The lowest BCUT2D eigenvalue weighted by Crippen LogP contribution is -2.58. The summed E-state index contributed by atoms with van der Waals surface area (Å²) in [6.45, 7) is 2.30. The quantitative estimate of drug-likeness (QED) is 0.664. The number of halogens is 2. The molecule has 0 amide bonds. The van der Waals surface area contributed by atoms with Crippen LogP contribution in [0.3, 0.4) is 0 Å². The standard InChI is InChI=1S/C25H27F2N3O/c26-22-11-4-8-19(23(22)27)15-29-16-20-9-5-10-21(17-29)25(20,31)24-28-12-13-30(24)14-18-6-2-1-3-7-18/h1-4,6-8,11-13,20-21,31H,5,9-10,14-17H2/t20-,21-/m0/s1. The molecule has 0 spiro atoms. The Labute approximate surface area is 181 Å². The van der Waals surface area contributed by atoms with Gasteiger partial charge in [0.05, 0.1) is 0 Å². The smallest absolute Gasteiger partial charge is 0.163 e. The summed E-state index contributed by atoms with van der Waals surface area (Å²) in [6, 6.07) is 14.5. The number of rotatable bonds is 5. The first-order chi connectivity index (χ1) is 15.1. The highest BCUT2D eigenvalue weighted by molar-refractivity contribution is 5.21. The van der Waals surface area contributed by atoms with Crippen LogP contribution in [0.15, 0.2) is 60.9 Å². The van der Waals surface area contributed by atoms with E-state index in [2.05, 4.69) is 26.6 Å². The minimum absolute atomic E-state index is 0.00791. The lowest BCUT2D eigenvalue weighted by atomic mass is 9.65. The van der Waals surface area contributed by atoms with Gasteiger partial charge >= 0.3 is 0 Å². The number of likely N-dealkylation sites (tertiary alicyclic amines) is 1. The van der Waals surface area contributed by atoms with E-state index in [1.807, 2.05) is 24.4 Å². The molecule has 1 N–H and O–H groups in total. The third-order valence-corrected chi connectivity index (χ3v) is 7.00. The van der Waals surface area contributed by atoms with Gasteiger partial charge in [-0.2, -0.15) is 0 Å². The molecule has 2 aromatic carbocycles. The fourth-order valence-corrected chi connectivity index (χ4v) is 5.52. The van der Waals surface area contributed by atoms with Crippen molar-refractivity contribution in [3.63, 3.8) is 0 Å². The Hall–Kier alpha value is -2.57. The molecule has 1 aliphatic carbocycles. The Kier molecular flexibility index (Phi) is 5.36. The molecule has 5 rings (SSSR count). The number of benzene rings is 2. The average Bonchev–Trinajstić information content (AvgIpc) is 3.22. The van der Waals surface area contributed by atoms with Crippen LogP contribution in [0.25, 0.3) is 0 Å². The summed E-state index contributed by atoms with van der Waals surface area (Å²) >= 11 is 0. The Bertz CT molecular complexity index is 1040. The second kappa shape index (κ2) is 8.17. The van der Waals surface area contributed by atoms with Crippen molar-refractivity contribution < 1.29 is 13.9 Å². The van der Waals surface area contributed by atoms with E-state index in [0.717, 1.165) is 36.7 Å². The van der Waals surface area contributed by atoms with Gasteiger partial charge in [-0.1, -0.05) is 48.9 Å². The first kappa shape index (κ1) is 20.3. The normalized spacial score (nSPS) is 26.2. The molecule has 2 bridgehead atoms. The van der Waals surface area contributed by atoms with Crippen LogP contribution in [-0.4, -0.2) is 32.6 Å². The number of hydrogen-bond donors (Lipinski definition) is 1. The van der Waals surface area contributed by atoms with Gasteiger partial charge in [0.2, 0.25) is 0 Å². The number of piperidine rings is 1. The second-order valence-corrected chi connectivity index (χ2v) is 8.92. The summed E-state index contributed by atoms with van der Waals surface area (Å²) in [5, 5.41) is 12.0.